The summed E-state index contributed by atoms with van der Waals surface area (Å²) in [5, 5.41) is 6.28. The average molecular weight is 500 g/mol. The number of amides is 1. The third-order valence-electron chi connectivity index (χ3n) is 7.04. The number of hydrogen-bond donors (Lipinski definition) is 3. The van der Waals surface area contributed by atoms with Crippen molar-refractivity contribution in [3.8, 4) is 0 Å². The molecule has 0 radical (unpaired) electrons. The highest BCUT2D eigenvalue weighted by Crippen LogP contribution is 2.33. The number of pyridine rings is 1. The molecule has 1 aliphatic carbocycles. The van der Waals surface area contributed by atoms with Crippen molar-refractivity contribution in [3.05, 3.63) is 47.7 Å². The lowest BCUT2D eigenvalue weighted by Gasteiger charge is -2.30. The lowest BCUT2D eigenvalue weighted by Crippen LogP contribution is -2.45. The lowest BCUT2D eigenvalue weighted by molar-refractivity contribution is 0.0939. The summed E-state index contributed by atoms with van der Waals surface area (Å²) < 4.78 is 28.9. The van der Waals surface area contributed by atoms with Gasteiger partial charge in [0.05, 0.1) is 22.3 Å². The monoisotopic (exact) mass is 499 g/mol. The summed E-state index contributed by atoms with van der Waals surface area (Å²) in [7, 11) is -3.81. The molecule has 9 heteroatoms. The number of hydrogen-bond acceptors (Lipinski definition) is 6. The fourth-order valence-electron chi connectivity index (χ4n) is 4.78. The Labute approximate surface area is 209 Å². The van der Waals surface area contributed by atoms with Crippen LogP contribution in [0.4, 0.5) is 11.5 Å². The number of carbonyl (C=O) groups excluding carboxylic acids is 1. The Balaban J connectivity index is 1.56. The van der Waals surface area contributed by atoms with Gasteiger partial charge in [-0.1, -0.05) is 38.3 Å². The third-order valence-corrected chi connectivity index (χ3v) is 8.43. The van der Waals surface area contributed by atoms with Crippen LogP contribution < -0.4 is 20.3 Å². The van der Waals surface area contributed by atoms with Gasteiger partial charge in [0.2, 0.25) is 0 Å². The fraction of sp³-hybridized carbons (Fsp3) is 0.538. The van der Waals surface area contributed by atoms with E-state index in [2.05, 4.69) is 25.2 Å². The third kappa shape index (κ3) is 6.32. The topological polar surface area (TPSA) is 103 Å². The molecule has 1 aromatic heterocycles. The number of sulfonamides is 1. The zero-order chi connectivity index (χ0) is 24.8. The van der Waals surface area contributed by atoms with Crippen LogP contribution in [-0.4, -0.2) is 51.5 Å². The summed E-state index contributed by atoms with van der Waals surface area (Å²) in [5.74, 6) is 0.840. The van der Waals surface area contributed by atoms with E-state index in [9.17, 15) is 13.2 Å². The van der Waals surface area contributed by atoms with Gasteiger partial charge in [-0.2, -0.15) is 0 Å². The number of aromatic nitrogens is 1. The van der Waals surface area contributed by atoms with Crippen LogP contribution in [-0.2, 0) is 10.0 Å². The molecule has 35 heavy (non-hydrogen) atoms. The number of nitrogens with zero attached hydrogens (tertiary/aromatic N) is 2. The molecule has 2 heterocycles. The molecule has 2 fully saturated rings. The molecule has 1 saturated heterocycles. The molecule has 1 aromatic carbocycles. The van der Waals surface area contributed by atoms with Crippen molar-refractivity contribution in [2.24, 2.45) is 0 Å². The van der Waals surface area contributed by atoms with Crippen LogP contribution in [0.15, 0.2) is 41.4 Å². The predicted molar refractivity (Wildman–Crippen MR) is 140 cm³/mol. The standard InChI is InChI=1S/C26H37N5O3S/c1-3-19(2)29-26(32)24-17-22(18-28-25(24)31-15-13-27-14-16-31)30-35(33,34)23-11-9-21(10-12-23)20-7-5-4-6-8-20/h9-12,17-20,27,30H,3-8,13-16H2,1-2H3,(H,29,32). The second-order valence-electron chi connectivity index (χ2n) is 9.62. The van der Waals surface area contributed by atoms with E-state index in [4.69, 9.17) is 0 Å². The van der Waals surface area contributed by atoms with Gasteiger partial charge in [-0.05, 0) is 55.9 Å². The maximum absolute atomic E-state index is 13.1. The van der Waals surface area contributed by atoms with Gasteiger partial charge in [-0.15, -0.1) is 0 Å². The van der Waals surface area contributed by atoms with Crippen LogP contribution in [0, 0.1) is 0 Å². The summed E-state index contributed by atoms with van der Waals surface area (Å²) in [4.78, 5) is 19.9. The molecule has 1 atom stereocenters. The molecule has 0 bridgehead atoms. The van der Waals surface area contributed by atoms with Crippen LogP contribution in [0.3, 0.4) is 0 Å². The quantitative estimate of drug-likeness (QED) is 0.510. The van der Waals surface area contributed by atoms with E-state index >= 15 is 0 Å². The molecule has 0 spiro atoms. The smallest absolute Gasteiger partial charge is 0.261 e. The maximum atomic E-state index is 13.1. The van der Waals surface area contributed by atoms with E-state index in [0.717, 1.165) is 45.4 Å². The second kappa shape index (κ2) is 11.4. The number of rotatable bonds is 8. The molecule has 1 saturated carbocycles. The summed E-state index contributed by atoms with van der Waals surface area (Å²) in [6, 6.07) is 8.80. The van der Waals surface area contributed by atoms with E-state index in [1.54, 1.807) is 18.2 Å². The van der Waals surface area contributed by atoms with E-state index in [1.807, 2.05) is 26.0 Å². The summed E-state index contributed by atoms with van der Waals surface area (Å²) in [6.45, 7) is 7.02. The average Bonchev–Trinajstić information content (AvgIpc) is 2.89. The lowest BCUT2D eigenvalue weighted by atomic mass is 9.84. The van der Waals surface area contributed by atoms with Crippen molar-refractivity contribution in [1.29, 1.82) is 0 Å². The number of piperazine rings is 1. The number of anilines is 2. The van der Waals surface area contributed by atoms with E-state index in [-0.39, 0.29) is 22.5 Å². The van der Waals surface area contributed by atoms with Crippen LogP contribution >= 0.6 is 0 Å². The van der Waals surface area contributed by atoms with E-state index in [1.165, 1.54) is 31.0 Å². The van der Waals surface area contributed by atoms with Crippen molar-refractivity contribution in [3.63, 3.8) is 0 Å². The van der Waals surface area contributed by atoms with Crippen molar-refractivity contribution in [2.45, 2.75) is 69.2 Å². The highest BCUT2D eigenvalue weighted by Gasteiger charge is 2.23. The van der Waals surface area contributed by atoms with Crippen molar-refractivity contribution < 1.29 is 13.2 Å². The molecular weight excluding hydrogens is 462 g/mol. The van der Waals surface area contributed by atoms with Crippen molar-refractivity contribution in [2.75, 3.05) is 35.8 Å². The Morgan fingerprint density at radius 1 is 1.14 bits per heavy atom. The number of benzene rings is 1. The summed E-state index contributed by atoms with van der Waals surface area (Å²) in [6.07, 6.45) is 8.36. The zero-order valence-electron chi connectivity index (χ0n) is 20.7. The molecule has 2 aromatic rings. The Bertz CT molecular complexity index is 1110. The van der Waals surface area contributed by atoms with Gasteiger partial charge in [0.15, 0.2) is 0 Å². The minimum absolute atomic E-state index is 0.00130. The molecule has 8 nitrogen and oxygen atoms in total. The van der Waals surface area contributed by atoms with Crippen LogP contribution in [0.1, 0.15) is 74.2 Å². The Kier molecular flexibility index (Phi) is 8.28. The minimum atomic E-state index is -3.81. The van der Waals surface area contributed by atoms with Gasteiger partial charge in [-0.3, -0.25) is 9.52 Å². The number of nitrogens with one attached hydrogen (secondary N) is 3. The maximum Gasteiger partial charge on any atom is 0.261 e. The number of carbonyl (C=O) groups is 1. The van der Waals surface area contributed by atoms with E-state index < -0.39 is 10.0 Å². The first-order valence-electron chi connectivity index (χ1n) is 12.8. The highest BCUT2D eigenvalue weighted by atomic mass is 32.2. The van der Waals surface area contributed by atoms with Crippen LogP contribution in [0.5, 0.6) is 0 Å². The van der Waals surface area contributed by atoms with Crippen LogP contribution in [0.2, 0.25) is 0 Å². The Morgan fingerprint density at radius 2 is 1.83 bits per heavy atom. The van der Waals surface area contributed by atoms with Crippen LogP contribution in [0.25, 0.3) is 0 Å². The largest absolute Gasteiger partial charge is 0.353 e. The first kappa shape index (κ1) is 25.4. The summed E-state index contributed by atoms with van der Waals surface area (Å²) in [5.41, 5.74) is 1.85. The normalized spacial score (nSPS) is 18.2. The fourth-order valence-corrected chi connectivity index (χ4v) is 5.82. The zero-order valence-corrected chi connectivity index (χ0v) is 21.5. The van der Waals surface area contributed by atoms with Gasteiger partial charge in [0, 0.05) is 32.2 Å². The molecule has 1 amide bonds. The first-order valence-corrected chi connectivity index (χ1v) is 14.2. The van der Waals surface area contributed by atoms with Crippen molar-refractivity contribution in [1.82, 2.24) is 15.6 Å². The highest BCUT2D eigenvalue weighted by molar-refractivity contribution is 7.92. The molecule has 190 valence electrons. The van der Waals surface area contributed by atoms with Gasteiger partial charge in [-0.25, -0.2) is 13.4 Å². The van der Waals surface area contributed by atoms with Gasteiger partial charge in [0.25, 0.3) is 15.9 Å². The second-order valence-corrected chi connectivity index (χ2v) is 11.3. The molecule has 4 rings (SSSR count). The Hall–Kier alpha value is -2.65. The van der Waals surface area contributed by atoms with Gasteiger partial charge < -0.3 is 15.5 Å². The minimum Gasteiger partial charge on any atom is -0.353 e. The SMILES string of the molecule is CCC(C)NC(=O)c1cc(NS(=O)(=O)c2ccc(C3CCCCC3)cc2)cnc1N1CCNCC1. The Morgan fingerprint density at radius 3 is 2.49 bits per heavy atom. The van der Waals surface area contributed by atoms with Gasteiger partial charge >= 0.3 is 0 Å². The molecule has 3 N–H and O–H groups in total. The van der Waals surface area contributed by atoms with E-state index in [0.29, 0.717) is 17.3 Å². The summed E-state index contributed by atoms with van der Waals surface area (Å²) >= 11 is 0. The molecule has 1 unspecified atom stereocenters. The molecule has 2 aliphatic rings. The molecule has 1 aliphatic heterocycles. The molecular formula is C26H37N5O3S. The van der Waals surface area contributed by atoms with Crippen molar-refractivity contribution >= 4 is 27.4 Å². The predicted octanol–water partition coefficient (Wildman–Crippen LogP) is 3.87. The first-order chi connectivity index (χ1) is 16.9. The van der Waals surface area contributed by atoms with Gasteiger partial charge in [0.1, 0.15) is 5.82 Å².